The van der Waals surface area contributed by atoms with Crippen LogP contribution in [-0.4, -0.2) is 61.1 Å². The number of ether oxygens (including phenoxy) is 1. The highest BCUT2D eigenvalue weighted by molar-refractivity contribution is 5.81. The molecule has 1 aliphatic rings. The van der Waals surface area contributed by atoms with E-state index < -0.39 is 0 Å². The molecule has 0 spiro atoms. The summed E-state index contributed by atoms with van der Waals surface area (Å²) in [6.45, 7) is 12.3. The van der Waals surface area contributed by atoms with E-state index in [1.165, 1.54) is 19.3 Å². The lowest BCUT2D eigenvalue weighted by Gasteiger charge is -2.39. The van der Waals surface area contributed by atoms with E-state index in [9.17, 15) is 4.79 Å². The molecule has 0 aromatic rings. The zero-order valence-electron chi connectivity index (χ0n) is 13.9. The van der Waals surface area contributed by atoms with Crippen LogP contribution in [0.5, 0.6) is 0 Å². The van der Waals surface area contributed by atoms with Gasteiger partial charge in [-0.1, -0.05) is 33.6 Å². The van der Waals surface area contributed by atoms with Gasteiger partial charge in [-0.25, -0.2) is 0 Å². The maximum atomic E-state index is 12.4. The molecule has 1 amide bonds. The Labute approximate surface area is 124 Å². The van der Waals surface area contributed by atoms with E-state index in [2.05, 4.69) is 18.7 Å². The lowest BCUT2D eigenvalue weighted by molar-refractivity contribution is -0.146. The third-order valence-electron chi connectivity index (χ3n) is 4.33. The molecule has 0 saturated carbocycles. The highest BCUT2D eigenvalue weighted by atomic mass is 16.5. The molecule has 0 bridgehead atoms. The van der Waals surface area contributed by atoms with Gasteiger partial charge in [0.2, 0.25) is 0 Å². The van der Waals surface area contributed by atoms with Crippen LogP contribution in [0.2, 0.25) is 0 Å². The largest absolute Gasteiger partial charge is 0.371 e. The fraction of sp³-hybridized carbons (Fsp3) is 0.938. The normalized spacial score (nSPS) is 20.2. The molecule has 0 radical (unpaired) electrons. The van der Waals surface area contributed by atoms with Gasteiger partial charge in [-0.05, 0) is 19.3 Å². The van der Waals surface area contributed by atoms with Crippen LogP contribution in [0.3, 0.4) is 0 Å². The van der Waals surface area contributed by atoms with Crippen LogP contribution in [0.4, 0.5) is 0 Å². The minimum Gasteiger partial charge on any atom is -0.371 e. The highest BCUT2D eigenvalue weighted by Crippen LogP contribution is 2.15. The monoisotopic (exact) mass is 284 g/mol. The van der Waals surface area contributed by atoms with Gasteiger partial charge in [-0.2, -0.15) is 0 Å². The second-order valence-electron chi connectivity index (χ2n) is 6.25. The number of piperazine rings is 1. The van der Waals surface area contributed by atoms with Crippen LogP contribution < -0.4 is 0 Å². The smallest absolute Gasteiger partial charge is 0.252 e. The Morgan fingerprint density at radius 1 is 1.15 bits per heavy atom. The summed E-state index contributed by atoms with van der Waals surface area (Å²) >= 11 is 0. The summed E-state index contributed by atoms with van der Waals surface area (Å²) in [4.78, 5) is 16.9. The van der Waals surface area contributed by atoms with E-state index in [1.54, 1.807) is 7.11 Å². The van der Waals surface area contributed by atoms with Crippen molar-refractivity contribution >= 4 is 5.91 Å². The van der Waals surface area contributed by atoms with Crippen LogP contribution in [0, 0.1) is 5.92 Å². The number of nitrogens with zero attached hydrogens (tertiary/aromatic N) is 2. The number of carbonyl (C=O) groups is 1. The summed E-state index contributed by atoms with van der Waals surface area (Å²) in [6.07, 6.45) is 3.52. The van der Waals surface area contributed by atoms with Gasteiger partial charge in [0.05, 0.1) is 0 Å². The predicted molar refractivity (Wildman–Crippen MR) is 82.8 cm³/mol. The summed E-state index contributed by atoms with van der Waals surface area (Å²) in [6, 6.07) is 0.635. The van der Waals surface area contributed by atoms with E-state index in [0.717, 1.165) is 26.2 Å². The van der Waals surface area contributed by atoms with Crippen LogP contribution in [0.15, 0.2) is 0 Å². The average molecular weight is 284 g/mol. The number of hydrogen-bond acceptors (Lipinski definition) is 3. The Bertz CT molecular complexity index is 286. The minimum absolute atomic E-state index is 0.156. The standard InChI is InChI=1S/C16H32N2O2/c1-6-7-8-14(4)17-9-11-18(12-10-17)16(19)15(20-5)13(2)3/h13-15H,6-12H2,1-5H3. The number of carbonyl (C=O) groups excluding carboxylic acids is 1. The zero-order valence-corrected chi connectivity index (χ0v) is 13.9. The van der Waals surface area contributed by atoms with Gasteiger partial charge in [-0.3, -0.25) is 9.69 Å². The molecule has 0 aliphatic carbocycles. The summed E-state index contributed by atoms with van der Waals surface area (Å²) in [5.41, 5.74) is 0. The molecule has 118 valence electrons. The van der Waals surface area contributed by atoms with Crippen molar-refractivity contribution in [2.75, 3.05) is 33.3 Å². The van der Waals surface area contributed by atoms with E-state index in [1.807, 2.05) is 18.7 Å². The van der Waals surface area contributed by atoms with E-state index >= 15 is 0 Å². The fourth-order valence-electron chi connectivity index (χ4n) is 2.90. The van der Waals surface area contributed by atoms with E-state index in [0.29, 0.717) is 6.04 Å². The molecule has 2 atom stereocenters. The molecule has 1 fully saturated rings. The molecule has 0 aromatic heterocycles. The molecule has 4 heteroatoms. The second kappa shape index (κ2) is 8.63. The molecule has 2 unspecified atom stereocenters. The van der Waals surface area contributed by atoms with Crippen molar-refractivity contribution in [3.05, 3.63) is 0 Å². The first-order valence-corrected chi connectivity index (χ1v) is 8.06. The van der Waals surface area contributed by atoms with Crippen molar-refractivity contribution in [2.45, 2.75) is 59.1 Å². The zero-order chi connectivity index (χ0) is 15.1. The van der Waals surface area contributed by atoms with Crippen LogP contribution in [0.25, 0.3) is 0 Å². The Morgan fingerprint density at radius 3 is 2.20 bits per heavy atom. The second-order valence-corrected chi connectivity index (χ2v) is 6.25. The maximum absolute atomic E-state index is 12.4. The van der Waals surface area contributed by atoms with Crippen molar-refractivity contribution < 1.29 is 9.53 Å². The quantitative estimate of drug-likeness (QED) is 0.719. The lowest BCUT2D eigenvalue weighted by Crippen LogP contribution is -2.54. The molecule has 20 heavy (non-hydrogen) atoms. The van der Waals surface area contributed by atoms with Crippen LogP contribution >= 0.6 is 0 Å². The summed E-state index contributed by atoms with van der Waals surface area (Å²) in [7, 11) is 1.63. The Balaban J connectivity index is 2.43. The Morgan fingerprint density at radius 2 is 1.75 bits per heavy atom. The number of methoxy groups -OCH3 is 1. The van der Waals surface area contributed by atoms with Gasteiger partial charge in [0.25, 0.3) is 5.91 Å². The molecule has 4 nitrogen and oxygen atoms in total. The number of unbranched alkanes of at least 4 members (excludes halogenated alkanes) is 1. The van der Waals surface area contributed by atoms with Gasteiger partial charge in [-0.15, -0.1) is 0 Å². The van der Waals surface area contributed by atoms with Crippen molar-refractivity contribution in [3.8, 4) is 0 Å². The van der Waals surface area contributed by atoms with Crippen LogP contribution in [-0.2, 0) is 9.53 Å². The van der Waals surface area contributed by atoms with Gasteiger partial charge in [0, 0.05) is 39.3 Å². The third-order valence-corrected chi connectivity index (χ3v) is 4.33. The van der Waals surface area contributed by atoms with E-state index in [4.69, 9.17) is 4.74 Å². The van der Waals surface area contributed by atoms with Gasteiger partial charge in [0.1, 0.15) is 6.10 Å². The number of hydrogen-bond donors (Lipinski definition) is 0. The molecule has 0 N–H and O–H groups in total. The molecular formula is C16H32N2O2. The van der Waals surface area contributed by atoms with E-state index in [-0.39, 0.29) is 17.9 Å². The lowest BCUT2D eigenvalue weighted by atomic mass is 10.0. The SMILES string of the molecule is CCCCC(C)N1CCN(C(=O)C(OC)C(C)C)CC1. The maximum Gasteiger partial charge on any atom is 0.252 e. The molecule has 1 saturated heterocycles. The molecular weight excluding hydrogens is 252 g/mol. The van der Waals surface area contributed by atoms with Crippen molar-refractivity contribution in [1.29, 1.82) is 0 Å². The first kappa shape index (κ1) is 17.4. The first-order chi connectivity index (χ1) is 9.51. The van der Waals surface area contributed by atoms with Crippen LogP contribution in [0.1, 0.15) is 47.0 Å². The molecule has 1 aliphatic heterocycles. The summed E-state index contributed by atoms with van der Waals surface area (Å²) in [5, 5.41) is 0. The summed E-state index contributed by atoms with van der Waals surface area (Å²) in [5.74, 6) is 0.386. The van der Waals surface area contributed by atoms with Crippen molar-refractivity contribution in [2.24, 2.45) is 5.92 Å². The van der Waals surface area contributed by atoms with Gasteiger partial charge in [0.15, 0.2) is 0 Å². The first-order valence-electron chi connectivity index (χ1n) is 8.06. The topological polar surface area (TPSA) is 32.8 Å². The van der Waals surface area contributed by atoms with Gasteiger partial charge >= 0.3 is 0 Å². The van der Waals surface area contributed by atoms with Crippen molar-refractivity contribution in [3.63, 3.8) is 0 Å². The molecule has 1 heterocycles. The average Bonchev–Trinajstić information content (AvgIpc) is 2.45. The predicted octanol–water partition coefficient (Wildman–Crippen LogP) is 2.38. The number of rotatable bonds is 7. The highest BCUT2D eigenvalue weighted by Gasteiger charge is 2.30. The van der Waals surface area contributed by atoms with Crippen molar-refractivity contribution in [1.82, 2.24) is 9.80 Å². The summed E-state index contributed by atoms with van der Waals surface area (Å²) < 4.78 is 5.35. The Hall–Kier alpha value is -0.610. The third kappa shape index (κ3) is 4.74. The molecule has 1 rings (SSSR count). The van der Waals surface area contributed by atoms with Gasteiger partial charge < -0.3 is 9.64 Å². The molecule has 0 aromatic carbocycles. The minimum atomic E-state index is -0.293. The Kier molecular flexibility index (Phi) is 7.52. The number of amides is 1. The fourth-order valence-corrected chi connectivity index (χ4v) is 2.90.